The Hall–Kier alpha value is -2.08. The number of nitrogens with zero attached hydrogens (tertiary/aromatic N) is 1. The van der Waals surface area contributed by atoms with Crippen molar-refractivity contribution < 1.29 is 14.0 Å². The molecule has 0 fully saturated rings. The number of hydrogen-bond donors (Lipinski definition) is 1. The topological polar surface area (TPSA) is 62.6 Å². The maximum absolute atomic E-state index is 12.5. The molecule has 0 saturated heterocycles. The van der Waals surface area contributed by atoms with Crippen molar-refractivity contribution in [2.75, 3.05) is 16.8 Å². The van der Waals surface area contributed by atoms with Gasteiger partial charge in [0.2, 0.25) is 5.91 Å². The molecule has 1 aromatic carbocycles. The van der Waals surface area contributed by atoms with Gasteiger partial charge in [-0.2, -0.15) is 0 Å². The summed E-state index contributed by atoms with van der Waals surface area (Å²) >= 11 is 3.43. The van der Waals surface area contributed by atoms with Crippen molar-refractivity contribution in [3.63, 3.8) is 0 Å². The summed E-state index contributed by atoms with van der Waals surface area (Å²) in [6.07, 6.45) is 2.22. The summed E-state index contributed by atoms with van der Waals surface area (Å²) in [4.78, 5) is 25.5. The smallest absolute Gasteiger partial charge is 0.294 e. The van der Waals surface area contributed by atoms with Gasteiger partial charge in [0.1, 0.15) is 0 Å². The maximum atomic E-state index is 12.5. The summed E-state index contributed by atoms with van der Waals surface area (Å²) in [7, 11) is 0. The summed E-state index contributed by atoms with van der Waals surface area (Å²) in [5, 5.41) is 2.78. The monoisotopic (exact) mass is 348 g/mol. The van der Waals surface area contributed by atoms with Crippen molar-refractivity contribution in [2.24, 2.45) is 0 Å². The van der Waals surface area contributed by atoms with Crippen LogP contribution in [0.3, 0.4) is 0 Å². The van der Waals surface area contributed by atoms with Crippen LogP contribution in [0.25, 0.3) is 0 Å². The average Bonchev–Trinajstić information content (AvgIpc) is 3.05. The van der Waals surface area contributed by atoms with Crippen LogP contribution in [0.4, 0.5) is 11.4 Å². The molecule has 3 rings (SSSR count). The Kier molecular flexibility index (Phi) is 3.55. The van der Waals surface area contributed by atoms with Crippen LogP contribution in [-0.4, -0.2) is 18.4 Å². The largest absolute Gasteiger partial charge is 0.459 e. The van der Waals surface area contributed by atoms with E-state index in [1.165, 1.54) is 13.2 Å². The third kappa shape index (κ3) is 2.58. The highest BCUT2D eigenvalue weighted by Gasteiger charge is 2.30. The third-order valence-corrected chi connectivity index (χ3v) is 3.77. The van der Waals surface area contributed by atoms with E-state index in [9.17, 15) is 9.59 Å². The van der Waals surface area contributed by atoms with E-state index in [4.69, 9.17) is 4.42 Å². The Morgan fingerprint density at radius 3 is 2.86 bits per heavy atom. The van der Waals surface area contributed by atoms with Crippen LogP contribution in [-0.2, 0) is 11.2 Å². The highest BCUT2D eigenvalue weighted by atomic mass is 79.9. The molecule has 21 heavy (non-hydrogen) atoms. The molecule has 6 heteroatoms. The van der Waals surface area contributed by atoms with Gasteiger partial charge in [-0.05, 0) is 36.2 Å². The standard InChI is InChI=1S/C15H13BrN2O3/c1-9(19)17-12-8-11(16)7-10-4-5-18(14(10)12)15(20)13-3-2-6-21-13/h2-3,6-8H,4-5H2,1H3,(H,17,19). The molecule has 1 aliphatic rings. The number of carbonyl (C=O) groups excluding carboxylic acids is 2. The van der Waals surface area contributed by atoms with E-state index >= 15 is 0 Å². The molecule has 0 unspecified atom stereocenters. The fourth-order valence-corrected chi connectivity index (χ4v) is 3.04. The Morgan fingerprint density at radius 2 is 2.19 bits per heavy atom. The minimum Gasteiger partial charge on any atom is -0.459 e. The molecule has 108 valence electrons. The SMILES string of the molecule is CC(=O)Nc1cc(Br)cc2c1N(C(=O)c1ccco1)CC2. The normalized spacial score (nSPS) is 13.1. The molecule has 1 N–H and O–H groups in total. The van der Waals surface area contributed by atoms with Gasteiger partial charge >= 0.3 is 0 Å². The first-order valence-corrected chi connectivity index (χ1v) is 7.31. The molecule has 0 spiro atoms. The van der Waals surface area contributed by atoms with Crippen LogP contribution in [0.2, 0.25) is 0 Å². The molecule has 0 radical (unpaired) electrons. The Balaban J connectivity index is 2.04. The van der Waals surface area contributed by atoms with Crippen molar-refractivity contribution in [3.05, 3.63) is 46.3 Å². The van der Waals surface area contributed by atoms with E-state index in [0.717, 1.165) is 22.1 Å². The van der Waals surface area contributed by atoms with Gasteiger partial charge in [0, 0.05) is 17.9 Å². The number of hydrogen-bond acceptors (Lipinski definition) is 3. The molecule has 0 atom stereocenters. The van der Waals surface area contributed by atoms with E-state index in [0.29, 0.717) is 18.0 Å². The fraction of sp³-hybridized carbons (Fsp3) is 0.200. The van der Waals surface area contributed by atoms with E-state index in [-0.39, 0.29) is 11.8 Å². The van der Waals surface area contributed by atoms with E-state index in [1.54, 1.807) is 23.1 Å². The number of benzene rings is 1. The van der Waals surface area contributed by atoms with Gasteiger partial charge in [0.05, 0.1) is 17.6 Å². The predicted octanol–water partition coefficient (Wildman–Crippen LogP) is 3.20. The van der Waals surface area contributed by atoms with E-state index in [2.05, 4.69) is 21.2 Å². The molecule has 0 bridgehead atoms. The van der Waals surface area contributed by atoms with Crippen molar-refractivity contribution in [3.8, 4) is 0 Å². The summed E-state index contributed by atoms with van der Waals surface area (Å²) in [5.74, 6) is -0.0835. The second kappa shape index (κ2) is 5.37. The van der Waals surface area contributed by atoms with Crippen LogP contribution >= 0.6 is 15.9 Å². The van der Waals surface area contributed by atoms with Crippen molar-refractivity contribution in [1.29, 1.82) is 0 Å². The maximum Gasteiger partial charge on any atom is 0.294 e. The van der Waals surface area contributed by atoms with Gasteiger partial charge in [-0.3, -0.25) is 9.59 Å². The second-order valence-corrected chi connectivity index (χ2v) is 5.74. The number of carbonyl (C=O) groups is 2. The van der Waals surface area contributed by atoms with Gasteiger partial charge in [0.25, 0.3) is 5.91 Å². The molecular weight excluding hydrogens is 336 g/mol. The number of halogens is 1. The van der Waals surface area contributed by atoms with Crippen LogP contribution < -0.4 is 10.2 Å². The first-order chi connectivity index (χ1) is 10.1. The van der Waals surface area contributed by atoms with Crippen LogP contribution in [0, 0.1) is 0 Å². The average molecular weight is 349 g/mol. The van der Waals surface area contributed by atoms with Gasteiger partial charge in [-0.25, -0.2) is 0 Å². The number of amides is 2. The first kappa shape index (κ1) is 13.9. The number of anilines is 2. The molecular formula is C15H13BrN2O3. The lowest BCUT2D eigenvalue weighted by Gasteiger charge is -2.19. The van der Waals surface area contributed by atoms with Gasteiger partial charge in [-0.15, -0.1) is 0 Å². The molecule has 1 aliphatic heterocycles. The van der Waals surface area contributed by atoms with Gasteiger partial charge < -0.3 is 14.6 Å². The highest BCUT2D eigenvalue weighted by molar-refractivity contribution is 9.10. The van der Waals surface area contributed by atoms with Gasteiger partial charge in [0.15, 0.2) is 5.76 Å². The molecule has 0 aliphatic carbocycles. The number of fused-ring (bicyclic) bond motifs is 1. The summed E-state index contributed by atoms with van der Waals surface area (Å²) in [5.41, 5.74) is 2.40. The lowest BCUT2D eigenvalue weighted by molar-refractivity contribution is -0.114. The fourth-order valence-electron chi connectivity index (χ4n) is 2.53. The lowest BCUT2D eigenvalue weighted by Crippen LogP contribution is -2.29. The summed E-state index contributed by atoms with van der Waals surface area (Å²) < 4.78 is 6.05. The summed E-state index contributed by atoms with van der Waals surface area (Å²) in [6, 6.07) is 7.09. The zero-order valence-electron chi connectivity index (χ0n) is 11.4. The molecule has 1 aromatic heterocycles. The minimum atomic E-state index is -0.201. The minimum absolute atomic E-state index is 0.174. The molecule has 2 aromatic rings. The van der Waals surface area contributed by atoms with E-state index < -0.39 is 0 Å². The number of rotatable bonds is 2. The Labute approximate surface area is 130 Å². The van der Waals surface area contributed by atoms with Crippen molar-refractivity contribution in [1.82, 2.24) is 0 Å². The molecule has 2 amide bonds. The Morgan fingerprint density at radius 1 is 1.38 bits per heavy atom. The number of furan rings is 1. The van der Waals surface area contributed by atoms with Crippen LogP contribution in [0.5, 0.6) is 0 Å². The first-order valence-electron chi connectivity index (χ1n) is 6.51. The second-order valence-electron chi connectivity index (χ2n) is 4.83. The van der Waals surface area contributed by atoms with Crippen molar-refractivity contribution >= 4 is 39.1 Å². The predicted molar refractivity (Wildman–Crippen MR) is 82.5 cm³/mol. The third-order valence-electron chi connectivity index (χ3n) is 3.32. The van der Waals surface area contributed by atoms with Crippen LogP contribution in [0.1, 0.15) is 23.0 Å². The van der Waals surface area contributed by atoms with Crippen molar-refractivity contribution in [2.45, 2.75) is 13.3 Å². The summed E-state index contributed by atoms with van der Waals surface area (Å²) in [6.45, 7) is 2.01. The molecule has 2 heterocycles. The highest BCUT2D eigenvalue weighted by Crippen LogP contribution is 2.39. The lowest BCUT2D eigenvalue weighted by atomic mass is 10.1. The quantitative estimate of drug-likeness (QED) is 0.906. The van der Waals surface area contributed by atoms with Gasteiger partial charge in [-0.1, -0.05) is 15.9 Å². The van der Waals surface area contributed by atoms with Crippen LogP contribution in [0.15, 0.2) is 39.4 Å². The molecule has 5 nitrogen and oxygen atoms in total. The van der Waals surface area contributed by atoms with E-state index in [1.807, 2.05) is 6.07 Å². The zero-order valence-corrected chi connectivity index (χ0v) is 12.9. The molecule has 0 saturated carbocycles. The number of nitrogens with one attached hydrogen (secondary N) is 1. The zero-order chi connectivity index (χ0) is 15.0. The Bertz CT molecular complexity index is 710.